The van der Waals surface area contributed by atoms with E-state index in [2.05, 4.69) is 25.1 Å². The van der Waals surface area contributed by atoms with Crippen molar-refractivity contribution >= 4 is 28.0 Å². The SMILES string of the molecule is CCOC1=C(O)C(C)N(C(=O)[C@H]2CC[C@H](CC)CC2)c2sc(-c3ccccc3)cc21. The molecular formula is C25H31NO3S. The van der Waals surface area contributed by atoms with Crippen LogP contribution in [0.3, 0.4) is 0 Å². The number of carbonyl (C=O) groups excluding carboxylic acids is 1. The van der Waals surface area contributed by atoms with Gasteiger partial charge in [-0.15, -0.1) is 11.3 Å². The molecule has 2 heterocycles. The average Bonchev–Trinajstić information content (AvgIpc) is 3.22. The Kier molecular flexibility index (Phi) is 6.19. The quantitative estimate of drug-likeness (QED) is 0.585. The van der Waals surface area contributed by atoms with Crippen molar-refractivity contribution in [1.29, 1.82) is 0 Å². The van der Waals surface area contributed by atoms with Crippen molar-refractivity contribution in [3.05, 3.63) is 47.7 Å². The van der Waals surface area contributed by atoms with Crippen LogP contribution in [0.25, 0.3) is 16.2 Å². The Hall–Kier alpha value is -2.27. The van der Waals surface area contributed by atoms with E-state index in [1.807, 2.05) is 36.9 Å². The third-order valence-corrected chi connectivity index (χ3v) is 7.73. The van der Waals surface area contributed by atoms with Crippen LogP contribution in [0.2, 0.25) is 0 Å². The molecule has 1 aromatic heterocycles. The summed E-state index contributed by atoms with van der Waals surface area (Å²) in [6.45, 7) is 6.52. The second-order valence-corrected chi connectivity index (χ2v) is 9.38. The summed E-state index contributed by atoms with van der Waals surface area (Å²) < 4.78 is 5.84. The Labute approximate surface area is 183 Å². The van der Waals surface area contributed by atoms with E-state index in [0.29, 0.717) is 12.4 Å². The number of hydrogen-bond acceptors (Lipinski definition) is 4. The highest BCUT2D eigenvalue weighted by atomic mass is 32.1. The molecule has 1 N–H and O–H groups in total. The van der Waals surface area contributed by atoms with Crippen molar-refractivity contribution in [3.63, 3.8) is 0 Å². The van der Waals surface area contributed by atoms with Gasteiger partial charge in [0.1, 0.15) is 5.00 Å². The van der Waals surface area contributed by atoms with Gasteiger partial charge in [-0.1, -0.05) is 43.7 Å². The van der Waals surface area contributed by atoms with Gasteiger partial charge in [0.2, 0.25) is 5.91 Å². The molecule has 160 valence electrons. The van der Waals surface area contributed by atoms with Crippen molar-refractivity contribution < 1.29 is 14.6 Å². The van der Waals surface area contributed by atoms with Crippen LogP contribution in [-0.4, -0.2) is 23.7 Å². The molecule has 0 bridgehead atoms. The number of rotatable bonds is 5. The first-order chi connectivity index (χ1) is 14.5. The molecule has 5 heteroatoms. The zero-order valence-corrected chi connectivity index (χ0v) is 18.9. The number of hydrogen-bond donors (Lipinski definition) is 1. The average molecular weight is 426 g/mol. The van der Waals surface area contributed by atoms with Crippen molar-refractivity contribution in [2.24, 2.45) is 11.8 Å². The Balaban J connectivity index is 1.72. The fourth-order valence-corrected chi connectivity index (χ4v) is 5.94. The minimum absolute atomic E-state index is 0.0341. The molecule has 0 spiro atoms. The largest absolute Gasteiger partial charge is 0.506 e. The smallest absolute Gasteiger partial charge is 0.231 e. The second-order valence-electron chi connectivity index (χ2n) is 8.35. The summed E-state index contributed by atoms with van der Waals surface area (Å²) in [5, 5.41) is 11.9. The van der Waals surface area contributed by atoms with Gasteiger partial charge < -0.3 is 9.84 Å². The van der Waals surface area contributed by atoms with Crippen LogP contribution in [0.1, 0.15) is 58.4 Å². The maximum Gasteiger partial charge on any atom is 0.231 e. The molecule has 1 saturated carbocycles. The molecule has 4 rings (SSSR count). The minimum atomic E-state index is -0.419. The lowest BCUT2D eigenvalue weighted by atomic mass is 9.80. The molecule has 1 aliphatic heterocycles. The highest BCUT2D eigenvalue weighted by Gasteiger charge is 2.40. The molecule has 30 heavy (non-hydrogen) atoms. The Morgan fingerprint density at radius 1 is 1.17 bits per heavy atom. The van der Waals surface area contributed by atoms with Crippen LogP contribution in [0.15, 0.2) is 42.2 Å². The van der Waals surface area contributed by atoms with E-state index in [1.165, 1.54) is 6.42 Å². The van der Waals surface area contributed by atoms with Gasteiger partial charge in [0, 0.05) is 10.8 Å². The molecule has 1 fully saturated rings. The standard InChI is InChI=1S/C25H31NO3S/c1-4-17-11-13-19(14-12-17)24(28)26-16(3)22(27)23(29-5-2)20-15-21(30-25(20)26)18-9-7-6-8-10-18/h6-10,15-17,19,27H,4-5,11-14H2,1-3H3/t16?,17-,19-. The summed E-state index contributed by atoms with van der Waals surface area (Å²) >= 11 is 1.61. The fourth-order valence-electron chi connectivity index (χ4n) is 4.69. The van der Waals surface area contributed by atoms with Crippen molar-refractivity contribution in [2.45, 2.75) is 58.9 Å². The first-order valence-electron chi connectivity index (χ1n) is 11.1. The van der Waals surface area contributed by atoms with E-state index >= 15 is 0 Å². The first-order valence-corrected chi connectivity index (χ1v) is 11.9. The number of thiophene rings is 1. The van der Waals surface area contributed by atoms with Crippen molar-refractivity contribution in [2.75, 3.05) is 11.5 Å². The number of carbonyl (C=O) groups is 1. The molecule has 2 aliphatic rings. The second kappa shape index (κ2) is 8.84. The molecule has 2 aromatic rings. The monoisotopic (exact) mass is 425 g/mol. The Morgan fingerprint density at radius 2 is 1.87 bits per heavy atom. The molecule has 1 aliphatic carbocycles. The van der Waals surface area contributed by atoms with Gasteiger partial charge in [-0.3, -0.25) is 9.69 Å². The summed E-state index contributed by atoms with van der Waals surface area (Å²) in [4.78, 5) is 16.5. The summed E-state index contributed by atoms with van der Waals surface area (Å²) in [5.41, 5.74) is 1.93. The van der Waals surface area contributed by atoms with Gasteiger partial charge in [-0.05, 0) is 57.1 Å². The van der Waals surface area contributed by atoms with E-state index in [4.69, 9.17) is 4.74 Å². The lowest BCUT2D eigenvalue weighted by Gasteiger charge is -2.37. The Bertz CT molecular complexity index is 925. The lowest BCUT2D eigenvalue weighted by molar-refractivity contribution is -0.124. The molecule has 1 amide bonds. The van der Waals surface area contributed by atoms with Crippen molar-refractivity contribution in [1.82, 2.24) is 0 Å². The van der Waals surface area contributed by atoms with Gasteiger partial charge >= 0.3 is 0 Å². The van der Waals surface area contributed by atoms with Crippen LogP contribution in [0, 0.1) is 11.8 Å². The zero-order chi connectivity index (χ0) is 21.3. The predicted octanol–water partition coefficient (Wildman–Crippen LogP) is 6.63. The summed E-state index contributed by atoms with van der Waals surface area (Å²) in [6.07, 6.45) is 5.31. The zero-order valence-electron chi connectivity index (χ0n) is 18.1. The molecule has 1 aromatic carbocycles. The summed E-state index contributed by atoms with van der Waals surface area (Å²) in [5.74, 6) is 1.58. The third-order valence-electron chi connectivity index (χ3n) is 6.55. The van der Waals surface area contributed by atoms with E-state index < -0.39 is 6.04 Å². The van der Waals surface area contributed by atoms with Crippen LogP contribution in [0.5, 0.6) is 0 Å². The van der Waals surface area contributed by atoms with Gasteiger partial charge in [-0.2, -0.15) is 0 Å². The predicted molar refractivity (Wildman–Crippen MR) is 124 cm³/mol. The molecular weight excluding hydrogens is 394 g/mol. The van der Waals surface area contributed by atoms with Crippen LogP contribution >= 0.6 is 11.3 Å². The first kappa shape index (κ1) is 21.0. The van der Waals surface area contributed by atoms with E-state index in [-0.39, 0.29) is 17.6 Å². The van der Waals surface area contributed by atoms with Gasteiger partial charge in [0.05, 0.1) is 18.2 Å². The lowest BCUT2D eigenvalue weighted by Crippen LogP contribution is -2.46. The summed E-state index contributed by atoms with van der Waals surface area (Å²) in [6, 6.07) is 11.8. The van der Waals surface area contributed by atoms with Gasteiger partial charge in [0.25, 0.3) is 0 Å². The third kappa shape index (κ3) is 3.76. The number of aliphatic hydroxyl groups is 1. The molecule has 1 unspecified atom stereocenters. The highest BCUT2D eigenvalue weighted by Crippen LogP contribution is 2.47. The van der Waals surface area contributed by atoms with Crippen molar-refractivity contribution in [3.8, 4) is 10.4 Å². The van der Waals surface area contributed by atoms with Crippen LogP contribution in [0.4, 0.5) is 5.00 Å². The number of benzene rings is 1. The molecule has 0 saturated heterocycles. The minimum Gasteiger partial charge on any atom is -0.506 e. The van der Waals surface area contributed by atoms with Gasteiger partial charge in [0.15, 0.2) is 11.5 Å². The van der Waals surface area contributed by atoms with E-state index in [0.717, 1.165) is 52.6 Å². The normalized spacial score (nSPS) is 24.0. The van der Waals surface area contributed by atoms with Crippen LogP contribution < -0.4 is 4.90 Å². The fraction of sp³-hybridized carbons (Fsp3) is 0.480. The number of anilines is 1. The Morgan fingerprint density at radius 3 is 2.50 bits per heavy atom. The molecule has 4 nitrogen and oxygen atoms in total. The number of aliphatic hydroxyl groups excluding tert-OH is 1. The van der Waals surface area contributed by atoms with Crippen LogP contribution in [-0.2, 0) is 9.53 Å². The molecule has 1 atom stereocenters. The molecule has 0 radical (unpaired) electrons. The van der Waals surface area contributed by atoms with Gasteiger partial charge in [-0.25, -0.2) is 0 Å². The maximum absolute atomic E-state index is 13.6. The topological polar surface area (TPSA) is 49.8 Å². The highest BCUT2D eigenvalue weighted by molar-refractivity contribution is 7.20. The summed E-state index contributed by atoms with van der Waals surface area (Å²) in [7, 11) is 0. The van der Waals surface area contributed by atoms with E-state index in [1.54, 1.807) is 11.3 Å². The number of amides is 1. The maximum atomic E-state index is 13.6. The van der Waals surface area contributed by atoms with E-state index in [9.17, 15) is 9.90 Å². The number of nitrogens with zero attached hydrogens (tertiary/aromatic N) is 1. The number of fused-ring (bicyclic) bond motifs is 1. The number of ether oxygens (including phenoxy) is 1.